The average Bonchev–Trinajstić information content (AvgIpc) is 3.34. The van der Waals surface area contributed by atoms with Crippen molar-refractivity contribution in [2.75, 3.05) is 6.54 Å². The van der Waals surface area contributed by atoms with E-state index in [-0.39, 0.29) is 5.91 Å². The highest BCUT2D eigenvalue weighted by atomic mass is 16.5. The number of H-pyrrole nitrogens is 1. The van der Waals surface area contributed by atoms with Crippen LogP contribution in [0.15, 0.2) is 28.8 Å². The van der Waals surface area contributed by atoms with Crippen LogP contribution < -0.4 is 5.32 Å². The van der Waals surface area contributed by atoms with E-state index in [0.717, 1.165) is 36.1 Å². The minimum atomic E-state index is -0.0138. The molecule has 146 valence electrons. The van der Waals surface area contributed by atoms with Crippen molar-refractivity contribution in [2.45, 2.75) is 51.9 Å². The first-order valence-electron chi connectivity index (χ1n) is 9.91. The molecule has 1 aromatic carbocycles. The van der Waals surface area contributed by atoms with Crippen LogP contribution in [-0.2, 0) is 30.5 Å². The molecule has 7 nitrogen and oxygen atoms in total. The van der Waals surface area contributed by atoms with Gasteiger partial charge >= 0.3 is 0 Å². The standard InChI is InChI=1S/C21H25N5O2/c1-14-6-2-3-7-15(14)21-23-20(28-26-21)11-10-19(27)22-13-12-18-16-8-4-5-9-17(16)24-25-18/h2-3,6-7H,4-5,8-13H2,1H3,(H,22,27)(H,24,25). The number of hydrogen-bond donors (Lipinski definition) is 2. The van der Waals surface area contributed by atoms with Crippen molar-refractivity contribution >= 4 is 5.91 Å². The van der Waals surface area contributed by atoms with Crippen molar-refractivity contribution in [3.63, 3.8) is 0 Å². The third kappa shape index (κ3) is 4.13. The van der Waals surface area contributed by atoms with Crippen molar-refractivity contribution in [2.24, 2.45) is 0 Å². The van der Waals surface area contributed by atoms with Gasteiger partial charge in [0.15, 0.2) is 0 Å². The Bertz CT molecular complexity index is 959. The number of aromatic amines is 1. The van der Waals surface area contributed by atoms with Gasteiger partial charge in [0.2, 0.25) is 17.6 Å². The Morgan fingerprint density at radius 3 is 2.96 bits per heavy atom. The molecule has 0 radical (unpaired) electrons. The fraction of sp³-hybridized carbons (Fsp3) is 0.429. The predicted octanol–water partition coefficient (Wildman–Crippen LogP) is 2.94. The largest absolute Gasteiger partial charge is 0.356 e. The second kappa shape index (κ2) is 8.37. The van der Waals surface area contributed by atoms with E-state index in [1.54, 1.807) is 0 Å². The summed E-state index contributed by atoms with van der Waals surface area (Å²) in [6.07, 6.45) is 6.15. The second-order valence-corrected chi connectivity index (χ2v) is 7.26. The zero-order valence-corrected chi connectivity index (χ0v) is 16.1. The molecule has 0 aliphatic heterocycles. The summed E-state index contributed by atoms with van der Waals surface area (Å²) in [4.78, 5) is 16.5. The number of nitrogens with one attached hydrogen (secondary N) is 2. The molecule has 3 aromatic rings. The maximum Gasteiger partial charge on any atom is 0.227 e. The van der Waals surface area contributed by atoms with E-state index >= 15 is 0 Å². The van der Waals surface area contributed by atoms with Gasteiger partial charge in [-0.25, -0.2) is 0 Å². The molecule has 0 fully saturated rings. The lowest BCUT2D eigenvalue weighted by Crippen LogP contribution is -2.26. The van der Waals surface area contributed by atoms with Crippen LogP contribution >= 0.6 is 0 Å². The van der Waals surface area contributed by atoms with Crippen LogP contribution in [0.3, 0.4) is 0 Å². The third-order valence-corrected chi connectivity index (χ3v) is 5.25. The molecule has 2 aromatic heterocycles. The zero-order valence-electron chi connectivity index (χ0n) is 16.1. The van der Waals surface area contributed by atoms with E-state index in [0.29, 0.717) is 31.1 Å². The molecule has 0 unspecified atom stereocenters. The summed E-state index contributed by atoms with van der Waals surface area (Å²) in [5.74, 6) is 1.03. The number of nitrogens with zero attached hydrogens (tertiary/aromatic N) is 3. The van der Waals surface area contributed by atoms with E-state index in [1.807, 2.05) is 31.2 Å². The minimum absolute atomic E-state index is 0.0138. The SMILES string of the molecule is Cc1ccccc1-c1noc(CCC(=O)NCCc2n[nH]c3c2CCCC3)n1. The lowest BCUT2D eigenvalue weighted by molar-refractivity contribution is -0.121. The highest BCUT2D eigenvalue weighted by Crippen LogP contribution is 2.22. The minimum Gasteiger partial charge on any atom is -0.356 e. The van der Waals surface area contributed by atoms with Gasteiger partial charge in [-0.05, 0) is 43.7 Å². The first-order valence-corrected chi connectivity index (χ1v) is 9.91. The molecule has 0 bridgehead atoms. The van der Waals surface area contributed by atoms with Crippen LogP contribution in [0.1, 0.15) is 47.7 Å². The summed E-state index contributed by atoms with van der Waals surface area (Å²) >= 11 is 0. The topological polar surface area (TPSA) is 96.7 Å². The number of aryl methyl sites for hydroxylation is 3. The number of benzene rings is 1. The molecule has 0 saturated heterocycles. The summed E-state index contributed by atoms with van der Waals surface area (Å²) in [7, 11) is 0. The monoisotopic (exact) mass is 379 g/mol. The average molecular weight is 379 g/mol. The first-order chi connectivity index (χ1) is 13.7. The maximum absolute atomic E-state index is 12.1. The summed E-state index contributed by atoms with van der Waals surface area (Å²) < 4.78 is 5.29. The van der Waals surface area contributed by atoms with Crippen LogP contribution in [0.5, 0.6) is 0 Å². The number of carbonyl (C=O) groups excluding carboxylic acids is 1. The predicted molar refractivity (Wildman–Crippen MR) is 105 cm³/mol. The number of hydrogen-bond acceptors (Lipinski definition) is 5. The molecular formula is C21H25N5O2. The van der Waals surface area contributed by atoms with Gasteiger partial charge in [0.25, 0.3) is 0 Å². The Hall–Kier alpha value is -2.96. The van der Waals surface area contributed by atoms with Gasteiger partial charge in [-0.1, -0.05) is 29.4 Å². The summed E-state index contributed by atoms with van der Waals surface area (Å²) in [6, 6.07) is 7.89. The van der Waals surface area contributed by atoms with E-state index < -0.39 is 0 Å². The maximum atomic E-state index is 12.1. The van der Waals surface area contributed by atoms with Gasteiger partial charge in [0.05, 0.1) is 5.69 Å². The Morgan fingerprint density at radius 2 is 2.07 bits per heavy atom. The van der Waals surface area contributed by atoms with Crippen molar-refractivity contribution in [3.05, 3.63) is 52.7 Å². The molecule has 1 amide bonds. The van der Waals surface area contributed by atoms with Gasteiger partial charge in [-0.3, -0.25) is 9.89 Å². The van der Waals surface area contributed by atoms with Gasteiger partial charge in [0, 0.05) is 37.1 Å². The molecule has 4 rings (SSSR count). The smallest absolute Gasteiger partial charge is 0.227 e. The van der Waals surface area contributed by atoms with Crippen molar-refractivity contribution in [1.82, 2.24) is 25.7 Å². The van der Waals surface area contributed by atoms with E-state index in [1.165, 1.54) is 24.1 Å². The lowest BCUT2D eigenvalue weighted by Gasteiger charge is -2.11. The molecule has 1 aliphatic carbocycles. The van der Waals surface area contributed by atoms with Crippen LogP contribution in [0.4, 0.5) is 0 Å². The second-order valence-electron chi connectivity index (χ2n) is 7.26. The normalized spacial score (nSPS) is 13.3. The Labute approximate surface area is 163 Å². The van der Waals surface area contributed by atoms with Crippen LogP contribution in [0, 0.1) is 6.92 Å². The highest BCUT2D eigenvalue weighted by Gasteiger charge is 2.17. The van der Waals surface area contributed by atoms with E-state index in [2.05, 4.69) is 25.7 Å². The Balaban J connectivity index is 1.24. The Kier molecular flexibility index (Phi) is 5.50. The van der Waals surface area contributed by atoms with E-state index in [9.17, 15) is 4.79 Å². The lowest BCUT2D eigenvalue weighted by atomic mass is 9.95. The highest BCUT2D eigenvalue weighted by molar-refractivity contribution is 5.76. The summed E-state index contributed by atoms with van der Waals surface area (Å²) in [5.41, 5.74) is 5.76. The molecule has 2 heterocycles. The summed E-state index contributed by atoms with van der Waals surface area (Å²) in [5, 5.41) is 14.6. The van der Waals surface area contributed by atoms with Crippen LogP contribution in [0.25, 0.3) is 11.4 Å². The number of carbonyl (C=O) groups is 1. The zero-order chi connectivity index (χ0) is 19.3. The first kappa shape index (κ1) is 18.4. The molecule has 7 heteroatoms. The third-order valence-electron chi connectivity index (χ3n) is 5.25. The van der Waals surface area contributed by atoms with Crippen LogP contribution in [0.2, 0.25) is 0 Å². The van der Waals surface area contributed by atoms with E-state index in [4.69, 9.17) is 4.52 Å². The van der Waals surface area contributed by atoms with Crippen molar-refractivity contribution in [1.29, 1.82) is 0 Å². The van der Waals surface area contributed by atoms with Gasteiger partial charge in [0.1, 0.15) is 0 Å². The number of aromatic nitrogens is 4. The molecule has 2 N–H and O–H groups in total. The number of amides is 1. The van der Waals surface area contributed by atoms with Crippen molar-refractivity contribution in [3.8, 4) is 11.4 Å². The molecule has 0 saturated carbocycles. The number of fused-ring (bicyclic) bond motifs is 1. The molecule has 0 atom stereocenters. The van der Waals surface area contributed by atoms with Crippen LogP contribution in [-0.4, -0.2) is 32.8 Å². The quantitative estimate of drug-likeness (QED) is 0.658. The summed E-state index contributed by atoms with van der Waals surface area (Å²) in [6.45, 7) is 2.60. The Morgan fingerprint density at radius 1 is 1.21 bits per heavy atom. The molecular weight excluding hydrogens is 354 g/mol. The fourth-order valence-electron chi connectivity index (χ4n) is 3.68. The van der Waals surface area contributed by atoms with Gasteiger partial charge in [-0.2, -0.15) is 10.1 Å². The molecule has 1 aliphatic rings. The molecule has 28 heavy (non-hydrogen) atoms. The van der Waals surface area contributed by atoms with Gasteiger partial charge < -0.3 is 9.84 Å². The number of rotatable bonds is 7. The van der Waals surface area contributed by atoms with Gasteiger partial charge in [-0.15, -0.1) is 0 Å². The fourth-order valence-corrected chi connectivity index (χ4v) is 3.68. The van der Waals surface area contributed by atoms with Crippen molar-refractivity contribution < 1.29 is 9.32 Å². The molecule has 0 spiro atoms.